The van der Waals surface area contributed by atoms with Gasteiger partial charge in [-0.3, -0.25) is 9.20 Å². The number of hydrogen-bond donors (Lipinski definition) is 0. The summed E-state index contributed by atoms with van der Waals surface area (Å²) < 4.78 is 15.2. The molecule has 0 radical (unpaired) electrons. The van der Waals surface area contributed by atoms with Crippen molar-refractivity contribution in [2.45, 2.75) is 13.8 Å². The van der Waals surface area contributed by atoms with Crippen molar-refractivity contribution in [2.75, 3.05) is 31.1 Å². The van der Waals surface area contributed by atoms with E-state index in [2.05, 4.69) is 4.90 Å². The Hall–Kier alpha value is -3.67. The Morgan fingerprint density at radius 3 is 2.19 bits per heavy atom. The number of aromatic nitrogens is 2. The van der Waals surface area contributed by atoms with E-state index in [0.29, 0.717) is 37.6 Å². The minimum atomic E-state index is -0.242. The highest BCUT2D eigenvalue weighted by Crippen LogP contribution is 2.27. The molecule has 1 amide bonds. The molecule has 6 heteroatoms. The van der Waals surface area contributed by atoms with Crippen molar-refractivity contribution in [1.82, 2.24) is 14.3 Å². The van der Waals surface area contributed by atoms with Crippen molar-refractivity contribution in [1.29, 1.82) is 0 Å². The monoisotopic (exact) mass is 428 g/mol. The van der Waals surface area contributed by atoms with E-state index >= 15 is 0 Å². The Balaban J connectivity index is 1.46. The van der Waals surface area contributed by atoms with Crippen LogP contribution in [0.2, 0.25) is 0 Å². The Kier molecular flexibility index (Phi) is 5.13. The summed E-state index contributed by atoms with van der Waals surface area (Å²) in [5.74, 6) is -0.258. The van der Waals surface area contributed by atoms with Crippen LogP contribution in [0.5, 0.6) is 0 Å². The van der Waals surface area contributed by atoms with E-state index in [1.807, 2.05) is 65.7 Å². The van der Waals surface area contributed by atoms with E-state index in [-0.39, 0.29) is 11.7 Å². The van der Waals surface area contributed by atoms with Gasteiger partial charge in [0.05, 0.1) is 0 Å². The predicted octanol–water partition coefficient (Wildman–Crippen LogP) is 4.72. The number of aryl methyl sites for hydroxylation is 2. The molecule has 1 saturated heterocycles. The first-order valence-corrected chi connectivity index (χ1v) is 10.8. The van der Waals surface area contributed by atoms with Gasteiger partial charge in [-0.15, -0.1) is 0 Å². The van der Waals surface area contributed by atoms with Crippen molar-refractivity contribution in [3.63, 3.8) is 0 Å². The number of imidazole rings is 1. The van der Waals surface area contributed by atoms with Crippen LogP contribution in [-0.4, -0.2) is 46.4 Å². The van der Waals surface area contributed by atoms with Crippen LogP contribution in [-0.2, 0) is 0 Å². The van der Waals surface area contributed by atoms with Crippen molar-refractivity contribution in [3.05, 3.63) is 89.5 Å². The summed E-state index contributed by atoms with van der Waals surface area (Å²) in [5, 5.41) is 0. The third-order valence-electron chi connectivity index (χ3n) is 6.05. The van der Waals surface area contributed by atoms with Gasteiger partial charge >= 0.3 is 0 Å². The number of benzene rings is 2. The normalized spacial score (nSPS) is 14.2. The highest BCUT2D eigenvalue weighted by molar-refractivity contribution is 6.00. The van der Waals surface area contributed by atoms with E-state index in [4.69, 9.17) is 4.98 Å². The topological polar surface area (TPSA) is 40.9 Å². The summed E-state index contributed by atoms with van der Waals surface area (Å²) in [5.41, 5.74) is 6.22. The van der Waals surface area contributed by atoms with E-state index in [9.17, 15) is 9.18 Å². The van der Waals surface area contributed by atoms with Gasteiger partial charge < -0.3 is 9.80 Å². The van der Waals surface area contributed by atoms with Crippen LogP contribution in [0, 0.1) is 19.7 Å². The standard InChI is InChI=1S/C26H25FN4O/c1-18-3-6-20(7-4-18)24-25(31-17-19(2)5-12-23(31)28-24)26(32)30-15-13-29(14-16-30)22-10-8-21(27)9-11-22/h3-12,17H,13-16H2,1-2H3. The Morgan fingerprint density at radius 1 is 0.844 bits per heavy atom. The van der Waals surface area contributed by atoms with Crippen LogP contribution < -0.4 is 4.90 Å². The molecule has 0 bridgehead atoms. The van der Waals surface area contributed by atoms with Gasteiger partial charge in [-0.2, -0.15) is 0 Å². The maximum absolute atomic E-state index is 13.7. The molecule has 1 fully saturated rings. The van der Waals surface area contributed by atoms with Gasteiger partial charge in [-0.05, 0) is 49.7 Å². The number of hydrogen-bond acceptors (Lipinski definition) is 3. The number of pyridine rings is 1. The van der Waals surface area contributed by atoms with E-state index in [1.54, 1.807) is 12.1 Å². The van der Waals surface area contributed by atoms with Gasteiger partial charge in [0.15, 0.2) is 0 Å². The third-order valence-corrected chi connectivity index (χ3v) is 6.05. The van der Waals surface area contributed by atoms with Crippen LogP contribution in [0.4, 0.5) is 10.1 Å². The second kappa shape index (κ2) is 8.11. The zero-order valence-electron chi connectivity index (χ0n) is 18.3. The van der Waals surface area contributed by atoms with Crippen LogP contribution in [0.1, 0.15) is 21.6 Å². The van der Waals surface area contributed by atoms with Crippen molar-refractivity contribution < 1.29 is 9.18 Å². The minimum absolute atomic E-state index is 0.0163. The molecule has 0 N–H and O–H groups in total. The van der Waals surface area contributed by atoms with Crippen molar-refractivity contribution in [3.8, 4) is 11.3 Å². The lowest BCUT2D eigenvalue weighted by atomic mass is 10.1. The first-order valence-electron chi connectivity index (χ1n) is 10.8. The number of amides is 1. The number of carbonyl (C=O) groups is 1. The molecule has 1 aliphatic rings. The highest BCUT2D eigenvalue weighted by atomic mass is 19.1. The van der Waals surface area contributed by atoms with Gasteiger partial charge in [-0.25, -0.2) is 9.37 Å². The molecule has 2 aromatic carbocycles. The fourth-order valence-corrected chi connectivity index (χ4v) is 4.24. The maximum atomic E-state index is 13.7. The zero-order valence-corrected chi connectivity index (χ0v) is 18.3. The number of rotatable bonds is 3. The average Bonchev–Trinajstić information content (AvgIpc) is 3.18. The fourth-order valence-electron chi connectivity index (χ4n) is 4.24. The largest absolute Gasteiger partial charge is 0.368 e. The molecule has 0 spiro atoms. The number of piperazine rings is 1. The smallest absolute Gasteiger partial charge is 0.273 e. The summed E-state index contributed by atoms with van der Waals surface area (Å²) >= 11 is 0. The van der Waals surface area contributed by atoms with Gasteiger partial charge in [0.25, 0.3) is 5.91 Å². The average molecular weight is 429 g/mol. The van der Waals surface area contributed by atoms with Crippen molar-refractivity contribution >= 4 is 17.2 Å². The fraction of sp³-hybridized carbons (Fsp3) is 0.231. The number of anilines is 1. The van der Waals surface area contributed by atoms with Crippen LogP contribution in [0.15, 0.2) is 66.9 Å². The van der Waals surface area contributed by atoms with Crippen LogP contribution >= 0.6 is 0 Å². The molecular weight excluding hydrogens is 403 g/mol. The third kappa shape index (κ3) is 3.73. The second-order valence-corrected chi connectivity index (χ2v) is 8.37. The SMILES string of the molecule is Cc1ccc(-c2nc3ccc(C)cn3c2C(=O)N2CCN(c3ccc(F)cc3)CC2)cc1. The lowest BCUT2D eigenvalue weighted by Crippen LogP contribution is -2.49. The zero-order chi connectivity index (χ0) is 22.2. The molecule has 162 valence electrons. The molecule has 0 saturated carbocycles. The van der Waals surface area contributed by atoms with Crippen molar-refractivity contribution in [2.24, 2.45) is 0 Å². The Morgan fingerprint density at radius 2 is 1.50 bits per heavy atom. The molecule has 0 unspecified atom stereocenters. The maximum Gasteiger partial charge on any atom is 0.273 e. The summed E-state index contributed by atoms with van der Waals surface area (Å²) in [6.45, 7) is 6.66. The summed E-state index contributed by atoms with van der Waals surface area (Å²) in [6.07, 6.45) is 1.97. The number of halogens is 1. The summed E-state index contributed by atoms with van der Waals surface area (Å²) in [4.78, 5) is 22.6. The number of fused-ring (bicyclic) bond motifs is 1. The predicted molar refractivity (Wildman–Crippen MR) is 125 cm³/mol. The number of nitrogens with zero attached hydrogens (tertiary/aromatic N) is 4. The molecule has 3 heterocycles. The highest BCUT2D eigenvalue weighted by Gasteiger charge is 2.28. The summed E-state index contributed by atoms with van der Waals surface area (Å²) in [6, 6.07) is 18.6. The molecule has 0 atom stereocenters. The van der Waals surface area contributed by atoms with Crippen LogP contribution in [0.3, 0.4) is 0 Å². The molecule has 2 aromatic heterocycles. The van der Waals surface area contributed by atoms with Gasteiger partial charge in [0, 0.05) is 43.6 Å². The van der Waals surface area contributed by atoms with Gasteiger partial charge in [0.2, 0.25) is 0 Å². The number of carbonyl (C=O) groups excluding carboxylic acids is 1. The second-order valence-electron chi connectivity index (χ2n) is 8.37. The van der Waals surface area contributed by atoms with E-state index < -0.39 is 0 Å². The Bertz CT molecular complexity index is 1270. The summed E-state index contributed by atoms with van der Waals surface area (Å²) in [7, 11) is 0. The quantitative estimate of drug-likeness (QED) is 0.474. The first kappa shape index (κ1) is 20.2. The lowest BCUT2D eigenvalue weighted by molar-refractivity contribution is 0.0740. The molecular formula is C26H25FN4O. The van der Waals surface area contributed by atoms with E-state index in [0.717, 1.165) is 28.0 Å². The molecule has 4 aromatic rings. The molecule has 1 aliphatic heterocycles. The van der Waals surface area contributed by atoms with Gasteiger partial charge in [0.1, 0.15) is 22.9 Å². The molecule has 5 nitrogen and oxygen atoms in total. The van der Waals surface area contributed by atoms with E-state index in [1.165, 1.54) is 12.1 Å². The molecule has 32 heavy (non-hydrogen) atoms. The van der Waals surface area contributed by atoms with Gasteiger partial charge in [-0.1, -0.05) is 35.9 Å². The minimum Gasteiger partial charge on any atom is -0.368 e. The molecule has 0 aliphatic carbocycles. The first-order chi connectivity index (χ1) is 15.5. The van der Waals surface area contributed by atoms with Crippen LogP contribution in [0.25, 0.3) is 16.9 Å². The Labute approximate surface area is 186 Å². The molecule has 5 rings (SSSR count). The lowest BCUT2D eigenvalue weighted by Gasteiger charge is -2.36.